The zero-order chi connectivity index (χ0) is 18.7. The van der Waals surface area contributed by atoms with Crippen molar-refractivity contribution in [3.8, 4) is 0 Å². The molecule has 3 rings (SSSR count). The van der Waals surface area contributed by atoms with Crippen LogP contribution in [0.4, 0.5) is 17.3 Å². The number of aromatic nitrogens is 2. The first-order valence-electron chi connectivity index (χ1n) is 8.66. The third-order valence-corrected chi connectivity index (χ3v) is 4.85. The number of nitrogens with one attached hydrogen (secondary N) is 2. The molecule has 2 unspecified atom stereocenters. The van der Waals surface area contributed by atoms with E-state index >= 15 is 0 Å². The van der Waals surface area contributed by atoms with Gasteiger partial charge in [-0.1, -0.05) is 24.4 Å². The number of aryl methyl sites for hydroxylation is 1. The van der Waals surface area contributed by atoms with Crippen molar-refractivity contribution in [2.75, 3.05) is 10.6 Å². The van der Waals surface area contributed by atoms with Crippen LogP contribution in [0.2, 0.25) is 5.02 Å². The van der Waals surface area contributed by atoms with Crippen LogP contribution in [0.5, 0.6) is 0 Å². The number of anilines is 3. The Hall–Kier alpha value is -2.38. The highest BCUT2D eigenvalue weighted by molar-refractivity contribution is 6.33. The van der Waals surface area contributed by atoms with Crippen LogP contribution in [0, 0.1) is 6.92 Å². The van der Waals surface area contributed by atoms with Crippen LogP contribution in [0.1, 0.15) is 41.7 Å². The van der Waals surface area contributed by atoms with Gasteiger partial charge in [0.15, 0.2) is 0 Å². The van der Waals surface area contributed by atoms with Crippen molar-refractivity contribution < 1.29 is 4.79 Å². The molecule has 2 aromatic rings. The third kappa shape index (κ3) is 4.23. The summed E-state index contributed by atoms with van der Waals surface area (Å²) in [7, 11) is 0. The number of hydrogen-bond acceptors (Lipinski definition) is 6. The van der Waals surface area contributed by atoms with Gasteiger partial charge in [-0.2, -0.15) is 0 Å². The number of amides is 1. The average Bonchev–Trinajstić information content (AvgIpc) is 2.61. The molecule has 6 N–H and O–H groups in total. The molecule has 2 aromatic heterocycles. The van der Waals surface area contributed by atoms with Gasteiger partial charge in [0, 0.05) is 17.8 Å². The molecule has 1 saturated carbocycles. The zero-order valence-corrected chi connectivity index (χ0v) is 15.4. The Morgan fingerprint density at radius 2 is 2.04 bits per heavy atom. The van der Waals surface area contributed by atoms with E-state index in [2.05, 4.69) is 20.6 Å². The van der Waals surface area contributed by atoms with Crippen molar-refractivity contribution >= 4 is 34.8 Å². The quantitative estimate of drug-likeness (QED) is 0.638. The number of halogens is 1. The lowest BCUT2D eigenvalue weighted by Gasteiger charge is -2.30. The maximum atomic E-state index is 11.8. The fourth-order valence-corrected chi connectivity index (χ4v) is 3.27. The van der Waals surface area contributed by atoms with Gasteiger partial charge in [-0.25, -0.2) is 4.98 Å². The van der Waals surface area contributed by atoms with Crippen molar-refractivity contribution in [2.45, 2.75) is 44.7 Å². The Morgan fingerprint density at radius 3 is 2.69 bits per heavy atom. The van der Waals surface area contributed by atoms with E-state index in [1.165, 1.54) is 6.07 Å². The van der Waals surface area contributed by atoms with E-state index in [4.69, 9.17) is 23.1 Å². The molecule has 1 amide bonds. The Labute approximate surface area is 157 Å². The predicted molar refractivity (Wildman–Crippen MR) is 104 cm³/mol. The number of nitrogens with two attached hydrogens (primary N) is 2. The third-order valence-electron chi connectivity index (χ3n) is 4.56. The molecule has 1 aliphatic carbocycles. The average molecular weight is 375 g/mol. The molecular weight excluding hydrogens is 352 g/mol. The van der Waals surface area contributed by atoms with Gasteiger partial charge < -0.3 is 22.1 Å². The predicted octanol–water partition coefficient (Wildman–Crippen LogP) is 2.96. The summed E-state index contributed by atoms with van der Waals surface area (Å²) >= 11 is 6.32. The fourth-order valence-electron chi connectivity index (χ4n) is 3.07. The smallest absolute Gasteiger partial charge is 0.252 e. The number of carbonyl (C=O) groups excluding carboxylic acids is 1. The maximum absolute atomic E-state index is 11.8. The summed E-state index contributed by atoms with van der Waals surface area (Å²) in [6.07, 6.45) is 5.84. The summed E-state index contributed by atoms with van der Waals surface area (Å²) in [5.74, 6) is 0.212. The van der Waals surface area contributed by atoms with Gasteiger partial charge in [-0.15, -0.1) is 0 Å². The molecule has 26 heavy (non-hydrogen) atoms. The van der Waals surface area contributed by atoms with Gasteiger partial charge in [0.05, 0.1) is 22.5 Å². The normalized spacial score (nSPS) is 19.8. The first kappa shape index (κ1) is 18.4. The van der Waals surface area contributed by atoms with Crippen molar-refractivity contribution in [3.63, 3.8) is 0 Å². The summed E-state index contributed by atoms with van der Waals surface area (Å²) in [6.45, 7) is 1.90. The Morgan fingerprint density at radius 1 is 1.27 bits per heavy atom. The Kier molecular flexibility index (Phi) is 5.58. The van der Waals surface area contributed by atoms with Crippen LogP contribution < -0.4 is 22.1 Å². The fraction of sp³-hybridized carbons (Fsp3) is 0.389. The SMILES string of the molecule is Cc1ccc(Nc2nc(NC3CCCCC3N)c(Cl)cc2C(N)=O)cn1. The molecule has 0 aliphatic heterocycles. The molecule has 0 aromatic carbocycles. The number of carbonyl (C=O) groups is 1. The minimum absolute atomic E-state index is 0.0511. The molecule has 138 valence electrons. The summed E-state index contributed by atoms with van der Waals surface area (Å²) in [4.78, 5) is 20.5. The Bertz CT molecular complexity index is 795. The molecule has 0 radical (unpaired) electrons. The minimum Gasteiger partial charge on any atom is -0.365 e. The Balaban J connectivity index is 1.90. The molecule has 2 heterocycles. The number of pyridine rings is 2. The van der Waals surface area contributed by atoms with E-state index in [1.807, 2.05) is 19.1 Å². The molecular formula is C18H23ClN6O. The number of hydrogen-bond donors (Lipinski definition) is 4. The van der Waals surface area contributed by atoms with Crippen molar-refractivity contribution in [1.29, 1.82) is 0 Å². The highest BCUT2D eigenvalue weighted by Gasteiger charge is 2.24. The number of nitrogens with zero attached hydrogens (tertiary/aromatic N) is 2. The molecule has 7 nitrogen and oxygen atoms in total. The second-order valence-corrected chi connectivity index (χ2v) is 7.00. The first-order valence-corrected chi connectivity index (χ1v) is 9.04. The minimum atomic E-state index is -0.608. The van der Waals surface area contributed by atoms with Gasteiger partial charge in [-0.05, 0) is 38.0 Å². The van der Waals surface area contributed by atoms with Crippen molar-refractivity contribution in [1.82, 2.24) is 9.97 Å². The van der Waals surface area contributed by atoms with Crippen LogP contribution >= 0.6 is 11.6 Å². The molecule has 0 bridgehead atoms. The second kappa shape index (κ2) is 7.88. The monoisotopic (exact) mass is 374 g/mol. The summed E-state index contributed by atoms with van der Waals surface area (Å²) in [6, 6.07) is 5.39. The highest BCUT2D eigenvalue weighted by Crippen LogP contribution is 2.30. The zero-order valence-electron chi connectivity index (χ0n) is 14.6. The van der Waals surface area contributed by atoms with Crippen LogP contribution in [-0.2, 0) is 0 Å². The summed E-state index contributed by atoms with van der Waals surface area (Å²) in [5, 5.41) is 6.75. The van der Waals surface area contributed by atoms with Gasteiger partial charge in [-0.3, -0.25) is 9.78 Å². The van der Waals surface area contributed by atoms with E-state index in [-0.39, 0.29) is 17.6 Å². The topological polar surface area (TPSA) is 119 Å². The van der Waals surface area contributed by atoms with E-state index in [0.29, 0.717) is 22.3 Å². The molecule has 8 heteroatoms. The summed E-state index contributed by atoms with van der Waals surface area (Å²) < 4.78 is 0. The molecule has 1 aliphatic rings. The van der Waals surface area contributed by atoms with Crippen LogP contribution in [0.15, 0.2) is 24.4 Å². The largest absolute Gasteiger partial charge is 0.365 e. The summed E-state index contributed by atoms with van der Waals surface area (Å²) in [5.41, 5.74) is 13.5. The van der Waals surface area contributed by atoms with Gasteiger partial charge in [0.2, 0.25) is 0 Å². The molecule has 0 saturated heterocycles. The molecule has 2 atom stereocenters. The van der Waals surface area contributed by atoms with E-state index in [1.54, 1.807) is 6.20 Å². The van der Waals surface area contributed by atoms with Crippen molar-refractivity contribution in [3.05, 3.63) is 40.7 Å². The van der Waals surface area contributed by atoms with E-state index in [0.717, 1.165) is 31.4 Å². The molecule has 1 fully saturated rings. The molecule has 0 spiro atoms. The maximum Gasteiger partial charge on any atom is 0.252 e. The van der Waals surface area contributed by atoms with Crippen LogP contribution in [-0.4, -0.2) is 28.0 Å². The van der Waals surface area contributed by atoms with Gasteiger partial charge in [0.25, 0.3) is 5.91 Å². The van der Waals surface area contributed by atoms with E-state index < -0.39 is 5.91 Å². The second-order valence-electron chi connectivity index (χ2n) is 6.59. The lowest BCUT2D eigenvalue weighted by molar-refractivity contribution is 0.100. The van der Waals surface area contributed by atoms with Crippen molar-refractivity contribution in [2.24, 2.45) is 11.5 Å². The van der Waals surface area contributed by atoms with Gasteiger partial charge in [0.1, 0.15) is 11.6 Å². The van der Waals surface area contributed by atoms with Crippen LogP contribution in [0.3, 0.4) is 0 Å². The standard InChI is InChI=1S/C18H23ClN6O/c1-10-6-7-11(9-22-10)23-17-12(16(21)26)8-13(19)18(25-17)24-15-5-3-2-4-14(15)20/h6-9,14-15H,2-5,20H2,1H3,(H2,21,26)(H2,23,24,25). The van der Waals surface area contributed by atoms with E-state index in [9.17, 15) is 4.79 Å². The highest BCUT2D eigenvalue weighted by atomic mass is 35.5. The number of primary amides is 1. The van der Waals surface area contributed by atoms with Crippen LogP contribution in [0.25, 0.3) is 0 Å². The lowest BCUT2D eigenvalue weighted by Crippen LogP contribution is -2.42. The lowest BCUT2D eigenvalue weighted by atomic mass is 9.91. The number of rotatable bonds is 5. The van der Waals surface area contributed by atoms with Gasteiger partial charge >= 0.3 is 0 Å². The first-order chi connectivity index (χ1) is 12.4.